The van der Waals surface area contributed by atoms with Gasteiger partial charge in [-0.2, -0.15) is 16.4 Å². The lowest BCUT2D eigenvalue weighted by atomic mass is 9.93. The van der Waals surface area contributed by atoms with Crippen molar-refractivity contribution >= 4 is 34.6 Å². The number of carbonyl (C=O) groups excluding carboxylic acids is 3. The maximum absolute atomic E-state index is 12.9. The molecule has 3 aromatic heterocycles. The molecule has 1 saturated heterocycles. The first-order valence-electron chi connectivity index (χ1n) is 8.92. The van der Waals surface area contributed by atoms with Crippen molar-refractivity contribution in [3.8, 4) is 0 Å². The number of fused-ring (bicyclic) bond motifs is 1. The van der Waals surface area contributed by atoms with E-state index in [1.165, 1.54) is 23.8 Å². The van der Waals surface area contributed by atoms with Crippen molar-refractivity contribution in [1.82, 2.24) is 25.2 Å². The third kappa shape index (κ3) is 3.18. The number of nitrogens with one attached hydrogen (secondary N) is 2. The first-order chi connectivity index (χ1) is 13.5. The van der Waals surface area contributed by atoms with E-state index in [9.17, 15) is 14.4 Å². The Bertz CT molecular complexity index is 1070. The number of amides is 2. The zero-order valence-electron chi connectivity index (χ0n) is 15.4. The van der Waals surface area contributed by atoms with Gasteiger partial charge in [-0.3, -0.25) is 14.4 Å². The van der Waals surface area contributed by atoms with Gasteiger partial charge in [0.05, 0.1) is 29.5 Å². The molecule has 0 spiro atoms. The Morgan fingerprint density at radius 3 is 2.86 bits per heavy atom. The second kappa shape index (κ2) is 7.16. The lowest BCUT2D eigenvalue weighted by molar-refractivity contribution is -0.123. The summed E-state index contributed by atoms with van der Waals surface area (Å²) < 4.78 is 1.50. The van der Waals surface area contributed by atoms with E-state index in [0.29, 0.717) is 35.3 Å². The number of nitrogens with zero attached hydrogens (tertiary/aromatic N) is 3. The summed E-state index contributed by atoms with van der Waals surface area (Å²) in [5, 5.41) is 14.1. The summed E-state index contributed by atoms with van der Waals surface area (Å²) >= 11 is 1.55. The summed E-state index contributed by atoms with van der Waals surface area (Å²) in [7, 11) is 0. The zero-order valence-corrected chi connectivity index (χ0v) is 16.2. The standard InChI is InChI=1S/C19H19N5O3S/c1-10-13(11(2)25)7-20-18-14(8-21-24(10)18)19(27)22-15-3-4-16(26)23-17(15)12-5-6-28-9-12/h5-9,15,17H,3-4H2,1-2H3,(H,22,27)(H,23,26)/t15-,17+/m1/s1. The largest absolute Gasteiger partial charge is 0.347 e. The molecule has 0 saturated carbocycles. The van der Waals surface area contributed by atoms with Crippen LogP contribution in [0, 0.1) is 6.92 Å². The average molecular weight is 397 g/mol. The van der Waals surface area contributed by atoms with Crippen LogP contribution in [0.15, 0.2) is 29.2 Å². The lowest BCUT2D eigenvalue weighted by Crippen LogP contribution is -2.50. The monoisotopic (exact) mass is 397 g/mol. The van der Waals surface area contributed by atoms with Gasteiger partial charge < -0.3 is 10.6 Å². The van der Waals surface area contributed by atoms with Crippen LogP contribution in [0.1, 0.15) is 57.8 Å². The van der Waals surface area contributed by atoms with E-state index in [1.54, 1.807) is 18.3 Å². The SMILES string of the molecule is CC(=O)c1cnc2c(C(=O)N[C@@H]3CCC(=O)N[C@H]3c3ccsc3)cnn2c1C. The molecule has 3 aromatic rings. The summed E-state index contributed by atoms with van der Waals surface area (Å²) in [6, 6.07) is 1.45. The summed E-state index contributed by atoms with van der Waals surface area (Å²) in [6.07, 6.45) is 3.84. The fraction of sp³-hybridized carbons (Fsp3) is 0.316. The predicted octanol–water partition coefficient (Wildman–Crippen LogP) is 2.05. The number of carbonyl (C=O) groups is 3. The van der Waals surface area contributed by atoms with Gasteiger partial charge >= 0.3 is 0 Å². The second-order valence-electron chi connectivity index (χ2n) is 6.83. The first kappa shape index (κ1) is 18.3. The highest BCUT2D eigenvalue weighted by Gasteiger charge is 2.32. The molecular weight excluding hydrogens is 378 g/mol. The number of hydrogen-bond donors (Lipinski definition) is 2. The molecule has 1 aliphatic heterocycles. The van der Waals surface area contributed by atoms with Crippen molar-refractivity contribution in [3.63, 3.8) is 0 Å². The van der Waals surface area contributed by atoms with Gasteiger partial charge in [0, 0.05) is 12.6 Å². The van der Waals surface area contributed by atoms with Crippen LogP contribution in [0.25, 0.3) is 5.65 Å². The van der Waals surface area contributed by atoms with Gasteiger partial charge in [0.25, 0.3) is 5.91 Å². The molecule has 1 aliphatic rings. The van der Waals surface area contributed by atoms with Crippen LogP contribution in [0.2, 0.25) is 0 Å². The summed E-state index contributed by atoms with van der Waals surface area (Å²) in [6.45, 7) is 3.23. The number of aromatic nitrogens is 3. The number of rotatable bonds is 4. The summed E-state index contributed by atoms with van der Waals surface area (Å²) in [5.41, 5.74) is 2.81. The maximum Gasteiger partial charge on any atom is 0.257 e. The molecule has 4 rings (SSSR count). The Kier molecular flexibility index (Phi) is 4.68. The molecule has 0 aliphatic carbocycles. The van der Waals surface area contributed by atoms with Crippen molar-refractivity contribution in [1.29, 1.82) is 0 Å². The van der Waals surface area contributed by atoms with E-state index in [-0.39, 0.29) is 29.7 Å². The number of ketones is 1. The van der Waals surface area contributed by atoms with Crippen molar-refractivity contribution in [2.45, 2.75) is 38.8 Å². The molecule has 8 nitrogen and oxygen atoms in total. The van der Waals surface area contributed by atoms with Gasteiger partial charge in [-0.1, -0.05) is 0 Å². The number of thiophene rings is 1. The van der Waals surface area contributed by atoms with E-state index in [1.807, 2.05) is 16.8 Å². The topological polar surface area (TPSA) is 105 Å². The molecular formula is C19H19N5O3S. The van der Waals surface area contributed by atoms with Crippen LogP contribution in [0.5, 0.6) is 0 Å². The van der Waals surface area contributed by atoms with Gasteiger partial charge in [-0.05, 0) is 42.7 Å². The molecule has 0 radical (unpaired) electrons. The van der Waals surface area contributed by atoms with Gasteiger partial charge in [0.1, 0.15) is 5.56 Å². The Hall–Kier alpha value is -3.07. The maximum atomic E-state index is 12.9. The average Bonchev–Trinajstić information content (AvgIpc) is 3.33. The molecule has 2 atom stereocenters. The van der Waals surface area contributed by atoms with Gasteiger partial charge in [-0.25, -0.2) is 9.50 Å². The van der Waals surface area contributed by atoms with E-state index in [2.05, 4.69) is 20.7 Å². The minimum absolute atomic E-state index is 0.0215. The van der Waals surface area contributed by atoms with E-state index >= 15 is 0 Å². The van der Waals surface area contributed by atoms with Gasteiger partial charge in [0.15, 0.2) is 11.4 Å². The Morgan fingerprint density at radius 1 is 1.32 bits per heavy atom. The minimum atomic E-state index is -0.307. The normalized spacial score (nSPS) is 19.4. The highest BCUT2D eigenvalue weighted by Crippen LogP contribution is 2.26. The van der Waals surface area contributed by atoms with Crippen molar-refractivity contribution in [3.05, 3.63) is 51.6 Å². The minimum Gasteiger partial charge on any atom is -0.347 e. The molecule has 28 heavy (non-hydrogen) atoms. The highest BCUT2D eigenvalue weighted by atomic mass is 32.1. The summed E-state index contributed by atoms with van der Waals surface area (Å²) in [5.74, 6) is -0.435. The lowest BCUT2D eigenvalue weighted by Gasteiger charge is -2.32. The summed E-state index contributed by atoms with van der Waals surface area (Å²) in [4.78, 5) is 40.8. The Balaban J connectivity index is 1.62. The Labute approximate surface area is 165 Å². The van der Waals surface area contributed by atoms with Gasteiger partial charge in [-0.15, -0.1) is 0 Å². The molecule has 4 heterocycles. The molecule has 2 amide bonds. The number of aryl methyl sites for hydroxylation is 1. The van der Waals surface area contributed by atoms with E-state index < -0.39 is 0 Å². The molecule has 0 unspecified atom stereocenters. The zero-order chi connectivity index (χ0) is 19.8. The van der Waals surface area contributed by atoms with Crippen LogP contribution >= 0.6 is 11.3 Å². The number of Topliss-reactive ketones (excluding diaryl/α,β-unsaturated/α-hetero) is 1. The third-order valence-corrected chi connectivity index (χ3v) is 5.71. The fourth-order valence-electron chi connectivity index (χ4n) is 3.52. The number of piperidine rings is 1. The van der Waals surface area contributed by atoms with Crippen molar-refractivity contribution < 1.29 is 14.4 Å². The Morgan fingerprint density at radius 2 is 2.14 bits per heavy atom. The quantitative estimate of drug-likeness (QED) is 0.656. The smallest absolute Gasteiger partial charge is 0.257 e. The second-order valence-corrected chi connectivity index (χ2v) is 7.61. The highest BCUT2D eigenvalue weighted by molar-refractivity contribution is 7.08. The van der Waals surface area contributed by atoms with Crippen LogP contribution in [-0.4, -0.2) is 38.2 Å². The molecule has 144 valence electrons. The van der Waals surface area contributed by atoms with Crippen LogP contribution in [0.3, 0.4) is 0 Å². The number of hydrogen-bond acceptors (Lipinski definition) is 6. The van der Waals surface area contributed by atoms with Gasteiger partial charge in [0.2, 0.25) is 5.91 Å². The van der Waals surface area contributed by atoms with E-state index in [4.69, 9.17) is 0 Å². The molecule has 0 bridgehead atoms. The van der Waals surface area contributed by atoms with Crippen molar-refractivity contribution in [2.24, 2.45) is 0 Å². The fourth-order valence-corrected chi connectivity index (χ4v) is 4.22. The van der Waals surface area contributed by atoms with Crippen molar-refractivity contribution in [2.75, 3.05) is 0 Å². The van der Waals surface area contributed by atoms with E-state index in [0.717, 1.165) is 5.56 Å². The van der Waals surface area contributed by atoms with Crippen LogP contribution in [-0.2, 0) is 4.79 Å². The molecule has 0 aromatic carbocycles. The van der Waals surface area contributed by atoms with Crippen LogP contribution < -0.4 is 10.6 Å². The molecule has 1 fully saturated rings. The predicted molar refractivity (Wildman–Crippen MR) is 103 cm³/mol. The first-order valence-corrected chi connectivity index (χ1v) is 9.86. The molecule has 9 heteroatoms. The molecule has 2 N–H and O–H groups in total. The van der Waals surface area contributed by atoms with Crippen LogP contribution in [0.4, 0.5) is 0 Å². The third-order valence-electron chi connectivity index (χ3n) is 5.01.